The van der Waals surface area contributed by atoms with Gasteiger partial charge in [0.05, 0.1) is 10.6 Å². The Labute approximate surface area is 124 Å². The van der Waals surface area contributed by atoms with Gasteiger partial charge < -0.3 is 10.2 Å². The van der Waals surface area contributed by atoms with Crippen LogP contribution < -0.4 is 0 Å². The highest BCUT2D eigenvalue weighted by Gasteiger charge is 2.21. The molecule has 7 nitrogen and oxygen atoms in total. The predicted octanol–water partition coefficient (Wildman–Crippen LogP) is 2.86. The molecule has 7 heteroatoms. The van der Waals surface area contributed by atoms with Gasteiger partial charge in [-0.1, -0.05) is 0 Å². The first kappa shape index (κ1) is 13.6. The van der Waals surface area contributed by atoms with Crippen molar-refractivity contribution in [3.8, 4) is 28.4 Å². The van der Waals surface area contributed by atoms with Gasteiger partial charge in [0, 0.05) is 5.56 Å². The normalized spacial score (nSPS) is 10.5. The molecule has 2 aromatic carbocycles. The molecule has 0 aliphatic rings. The third-order valence-corrected chi connectivity index (χ3v) is 3.15. The Balaban J connectivity index is 2.11. The van der Waals surface area contributed by atoms with Gasteiger partial charge >= 0.3 is 5.69 Å². The van der Waals surface area contributed by atoms with Crippen molar-refractivity contribution in [1.29, 1.82) is 0 Å². The summed E-state index contributed by atoms with van der Waals surface area (Å²) in [7, 11) is 0. The van der Waals surface area contributed by atoms with Crippen molar-refractivity contribution in [2.75, 3.05) is 0 Å². The van der Waals surface area contributed by atoms with E-state index in [1.807, 2.05) is 0 Å². The van der Waals surface area contributed by atoms with E-state index in [1.165, 1.54) is 35.1 Å². The van der Waals surface area contributed by atoms with E-state index in [0.29, 0.717) is 11.3 Å². The summed E-state index contributed by atoms with van der Waals surface area (Å²) in [5, 5.41) is 34.1. The van der Waals surface area contributed by atoms with E-state index in [0.717, 1.165) is 0 Å². The number of aromatic hydroxyl groups is 2. The van der Waals surface area contributed by atoms with Gasteiger partial charge in [-0.05, 0) is 48.5 Å². The molecule has 0 radical (unpaired) electrons. The molecule has 0 bridgehead atoms. The zero-order valence-electron chi connectivity index (χ0n) is 11.2. The lowest BCUT2D eigenvalue weighted by molar-refractivity contribution is -0.384. The van der Waals surface area contributed by atoms with Gasteiger partial charge in [-0.2, -0.15) is 5.10 Å². The summed E-state index contributed by atoms with van der Waals surface area (Å²) in [6.45, 7) is 0. The third kappa shape index (κ3) is 2.47. The molecule has 0 saturated carbocycles. The van der Waals surface area contributed by atoms with Gasteiger partial charge in [-0.3, -0.25) is 10.1 Å². The van der Waals surface area contributed by atoms with Crippen LogP contribution >= 0.6 is 0 Å². The summed E-state index contributed by atoms with van der Waals surface area (Å²) in [5.41, 5.74) is 1.18. The van der Waals surface area contributed by atoms with Crippen LogP contribution in [0.1, 0.15) is 0 Å². The smallest absolute Gasteiger partial charge is 0.315 e. The number of phenolic OH excluding ortho intramolecular Hbond substituents is 2. The molecule has 0 saturated heterocycles. The number of hydrogen-bond acceptors (Lipinski definition) is 5. The van der Waals surface area contributed by atoms with Crippen molar-refractivity contribution in [2.45, 2.75) is 0 Å². The van der Waals surface area contributed by atoms with Gasteiger partial charge in [0.25, 0.3) is 0 Å². The van der Waals surface area contributed by atoms with Gasteiger partial charge in [0.2, 0.25) is 0 Å². The molecule has 0 fully saturated rings. The SMILES string of the molecule is O=[N+]([O-])c1cn(-c2ccc(O)cc2)nc1-c1ccc(O)cc1. The van der Waals surface area contributed by atoms with Crippen LogP contribution in [-0.4, -0.2) is 24.9 Å². The number of nitro groups is 1. The first-order valence-corrected chi connectivity index (χ1v) is 6.37. The Morgan fingerprint density at radius 1 is 0.955 bits per heavy atom. The second-order valence-corrected chi connectivity index (χ2v) is 4.63. The largest absolute Gasteiger partial charge is 0.508 e. The van der Waals surface area contributed by atoms with E-state index in [1.54, 1.807) is 24.3 Å². The molecule has 1 aromatic heterocycles. The average molecular weight is 297 g/mol. The number of hydrogen-bond donors (Lipinski definition) is 2. The number of aromatic nitrogens is 2. The predicted molar refractivity (Wildman–Crippen MR) is 79.0 cm³/mol. The van der Waals surface area contributed by atoms with E-state index in [4.69, 9.17) is 0 Å². The van der Waals surface area contributed by atoms with Crippen LogP contribution in [0.3, 0.4) is 0 Å². The van der Waals surface area contributed by atoms with Gasteiger partial charge in [-0.15, -0.1) is 0 Å². The lowest BCUT2D eigenvalue weighted by atomic mass is 10.1. The summed E-state index contributed by atoms with van der Waals surface area (Å²) in [5.74, 6) is 0.175. The Hall–Kier alpha value is -3.35. The molecule has 0 atom stereocenters. The van der Waals surface area contributed by atoms with Crippen LogP contribution in [0.4, 0.5) is 5.69 Å². The van der Waals surface area contributed by atoms with Crippen LogP contribution in [0.2, 0.25) is 0 Å². The first-order chi connectivity index (χ1) is 10.5. The Morgan fingerprint density at radius 3 is 2.05 bits per heavy atom. The van der Waals surface area contributed by atoms with Crippen LogP contribution in [0.15, 0.2) is 54.7 Å². The fourth-order valence-corrected chi connectivity index (χ4v) is 2.06. The molecule has 110 valence electrons. The van der Waals surface area contributed by atoms with Crippen LogP contribution in [0.25, 0.3) is 16.9 Å². The lowest BCUT2D eigenvalue weighted by Crippen LogP contribution is -1.94. The Bertz CT molecular complexity index is 823. The zero-order chi connectivity index (χ0) is 15.7. The summed E-state index contributed by atoms with van der Waals surface area (Å²) >= 11 is 0. The summed E-state index contributed by atoms with van der Waals surface area (Å²) < 4.78 is 1.37. The van der Waals surface area contributed by atoms with Crippen molar-refractivity contribution in [1.82, 2.24) is 9.78 Å². The summed E-state index contributed by atoms with van der Waals surface area (Å²) in [6, 6.07) is 12.2. The van der Waals surface area contributed by atoms with Crippen LogP contribution in [-0.2, 0) is 0 Å². The minimum Gasteiger partial charge on any atom is -0.508 e. The molecule has 3 rings (SSSR count). The highest BCUT2D eigenvalue weighted by molar-refractivity contribution is 5.70. The van der Waals surface area contributed by atoms with Crippen molar-refractivity contribution < 1.29 is 15.1 Å². The minimum atomic E-state index is -0.508. The molecule has 22 heavy (non-hydrogen) atoms. The third-order valence-electron chi connectivity index (χ3n) is 3.15. The number of phenols is 2. The van der Waals surface area contributed by atoms with Gasteiger partial charge in [0.15, 0.2) is 5.69 Å². The monoisotopic (exact) mass is 297 g/mol. The molecular formula is C15H11N3O4. The quantitative estimate of drug-likeness (QED) is 0.571. The van der Waals surface area contributed by atoms with Gasteiger partial charge in [-0.25, -0.2) is 4.68 Å². The van der Waals surface area contributed by atoms with Crippen molar-refractivity contribution >= 4 is 5.69 Å². The molecule has 0 amide bonds. The maximum Gasteiger partial charge on any atom is 0.315 e. The van der Waals surface area contributed by atoms with Gasteiger partial charge in [0.1, 0.15) is 17.7 Å². The molecule has 2 N–H and O–H groups in total. The second-order valence-electron chi connectivity index (χ2n) is 4.63. The minimum absolute atomic E-state index is 0.0735. The molecule has 3 aromatic rings. The average Bonchev–Trinajstić information content (AvgIpc) is 2.94. The number of nitrogens with zero attached hydrogens (tertiary/aromatic N) is 3. The van der Waals surface area contributed by atoms with E-state index in [9.17, 15) is 20.3 Å². The van der Waals surface area contributed by atoms with Crippen molar-refractivity contribution in [2.24, 2.45) is 0 Å². The van der Waals surface area contributed by atoms with Crippen LogP contribution in [0, 0.1) is 10.1 Å². The Kier molecular flexibility index (Phi) is 3.23. The molecule has 0 aliphatic heterocycles. The van der Waals surface area contributed by atoms with Crippen molar-refractivity contribution in [3.63, 3.8) is 0 Å². The highest BCUT2D eigenvalue weighted by atomic mass is 16.6. The number of benzene rings is 2. The zero-order valence-corrected chi connectivity index (χ0v) is 11.2. The number of rotatable bonds is 3. The maximum atomic E-state index is 11.2. The fourth-order valence-electron chi connectivity index (χ4n) is 2.06. The molecule has 0 aliphatic carbocycles. The van der Waals surface area contributed by atoms with E-state index >= 15 is 0 Å². The van der Waals surface area contributed by atoms with E-state index in [2.05, 4.69) is 5.10 Å². The lowest BCUT2D eigenvalue weighted by Gasteiger charge is -2.00. The van der Waals surface area contributed by atoms with E-state index in [-0.39, 0.29) is 22.9 Å². The summed E-state index contributed by atoms with van der Waals surface area (Å²) in [4.78, 5) is 10.7. The van der Waals surface area contributed by atoms with Crippen molar-refractivity contribution in [3.05, 3.63) is 64.8 Å². The van der Waals surface area contributed by atoms with Crippen LogP contribution in [0.5, 0.6) is 11.5 Å². The molecule has 1 heterocycles. The topological polar surface area (TPSA) is 101 Å². The van der Waals surface area contributed by atoms with E-state index < -0.39 is 4.92 Å². The molecular weight excluding hydrogens is 286 g/mol. The Morgan fingerprint density at radius 2 is 1.50 bits per heavy atom. The first-order valence-electron chi connectivity index (χ1n) is 6.37. The second kappa shape index (κ2) is 5.21. The summed E-state index contributed by atoms with van der Waals surface area (Å²) in [6.07, 6.45) is 1.31. The fraction of sp³-hybridized carbons (Fsp3) is 0. The highest BCUT2D eigenvalue weighted by Crippen LogP contribution is 2.30. The standard InChI is InChI=1S/C15H11N3O4/c19-12-5-1-10(2-6-12)15-14(18(21)22)9-17(16-15)11-3-7-13(20)8-4-11/h1-9,19-20H. The molecule has 0 spiro atoms. The molecule has 0 unspecified atom stereocenters. The maximum absolute atomic E-state index is 11.2.